The first-order valence-electron chi connectivity index (χ1n) is 8.98. The number of carbonyl (C=O) groups excluding carboxylic acids is 1. The molecule has 27 heavy (non-hydrogen) atoms. The molecule has 0 radical (unpaired) electrons. The van der Waals surface area contributed by atoms with Crippen molar-refractivity contribution in [2.75, 3.05) is 13.1 Å². The largest absolute Gasteiger partial charge is 0.332 e. The molecule has 0 aliphatic heterocycles. The van der Waals surface area contributed by atoms with Gasteiger partial charge in [-0.15, -0.1) is 0 Å². The molecule has 2 rings (SSSR count). The van der Waals surface area contributed by atoms with Crippen LogP contribution in [-0.2, 0) is 17.8 Å². The fraction of sp³-hybridized carbons (Fsp3) is 0.333. The van der Waals surface area contributed by atoms with Gasteiger partial charge in [0.1, 0.15) is 0 Å². The molecule has 0 fully saturated rings. The van der Waals surface area contributed by atoms with Gasteiger partial charge in [-0.05, 0) is 29.5 Å². The van der Waals surface area contributed by atoms with Gasteiger partial charge < -0.3 is 9.74 Å². The van der Waals surface area contributed by atoms with Crippen LogP contribution in [0, 0.1) is 6.57 Å². The van der Waals surface area contributed by atoms with Crippen molar-refractivity contribution in [2.45, 2.75) is 31.8 Å². The second-order valence-electron chi connectivity index (χ2n) is 6.24. The topological polar surface area (TPSA) is 73.4 Å². The minimum absolute atomic E-state index is 0.151. The molecule has 0 bridgehead atoms. The van der Waals surface area contributed by atoms with Crippen molar-refractivity contribution in [3.05, 3.63) is 93.7 Å². The summed E-state index contributed by atoms with van der Waals surface area (Å²) in [5.41, 5.74) is 10.4. The van der Waals surface area contributed by atoms with E-state index in [-0.39, 0.29) is 5.91 Å². The molecule has 1 atom stereocenters. The maximum atomic E-state index is 13.0. The first-order chi connectivity index (χ1) is 13.2. The van der Waals surface area contributed by atoms with E-state index in [1.54, 1.807) is 4.90 Å². The number of amides is 1. The Hall–Kier alpha value is -3.29. The summed E-state index contributed by atoms with van der Waals surface area (Å²) in [6, 6.07) is 18.7. The van der Waals surface area contributed by atoms with E-state index in [2.05, 4.69) is 14.9 Å². The van der Waals surface area contributed by atoms with Gasteiger partial charge in [0, 0.05) is 24.5 Å². The van der Waals surface area contributed by atoms with E-state index in [0.717, 1.165) is 17.5 Å². The van der Waals surface area contributed by atoms with Crippen molar-refractivity contribution in [1.29, 1.82) is 0 Å². The van der Waals surface area contributed by atoms with Gasteiger partial charge in [0.25, 0.3) is 0 Å². The van der Waals surface area contributed by atoms with Crippen molar-refractivity contribution >= 4 is 5.91 Å². The Labute approximate surface area is 159 Å². The Kier molecular flexibility index (Phi) is 8.42. The summed E-state index contributed by atoms with van der Waals surface area (Å²) in [7, 11) is 0. The minimum Gasteiger partial charge on any atom is -0.332 e. The van der Waals surface area contributed by atoms with Crippen molar-refractivity contribution in [3.8, 4) is 0 Å². The molecule has 0 saturated carbocycles. The third-order valence-electron chi connectivity index (χ3n) is 4.24. The van der Waals surface area contributed by atoms with Crippen LogP contribution in [0.2, 0.25) is 0 Å². The lowest BCUT2D eigenvalue weighted by atomic mass is 10.0. The van der Waals surface area contributed by atoms with Crippen LogP contribution in [-0.4, -0.2) is 29.9 Å². The second kappa shape index (κ2) is 11.3. The zero-order chi connectivity index (χ0) is 19.3. The molecule has 2 aromatic rings. The number of benzene rings is 2. The van der Waals surface area contributed by atoms with Gasteiger partial charge in [0.15, 0.2) is 0 Å². The van der Waals surface area contributed by atoms with Crippen molar-refractivity contribution < 1.29 is 4.79 Å². The van der Waals surface area contributed by atoms with E-state index in [9.17, 15) is 4.79 Å². The summed E-state index contributed by atoms with van der Waals surface area (Å²) >= 11 is 0. The van der Waals surface area contributed by atoms with Gasteiger partial charge >= 0.3 is 11.9 Å². The summed E-state index contributed by atoms with van der Waals surface area (Å²) in [6.07, 6.45) is 1.85. The van der Waals surface area contributed by atoms with Crippen molar-refractivity contribution in [1.82, 2.24) is 4.90 Å². The van der Waals surface area contributed by atoms with Crippen LogP contribution in [0.3, 0.4) is 0 Å². The molecule has 0 saturated heterocycles. The zero-order valence-corrected chi connectivity index (χ0v) is 15.2. The summed E-state index contributed by atoms with van der Waals surface area (Å²) < 4.78 is 0. The quantitative estimate of drug-likeness (QED) is 0.200. The maximum Gasteiger partial charge on any atom is 0.306 e. The Morgan fingerprint density at radius 3 is 2.26 bits per heavy atom. The molecule has 0 aromatic heterocycles. The van der Waals surface area contributed by atoms with E-state index in [0.29, 0.717) is 32.5 Å². The Balaban J connectivity index is 2.07. The molecule has 0 aliphatic rings. The highest BCUT2D eigenvalue weighted by Crippen LogP contribution is 2.13. The summed E-state index contributed by atoms with van der Waals surface area (Å²) in [5.74, 6) is -0.151. The molecule has 0 N–H and O–H groups in total. The monoisotopic (exact) mass is 361 g/mol. The number of carbonyl (C=O) groups is 1. The van der Waals surface area contributed by atoms with E-state index in [4.69, 9.17) is 12.1 Å². The van der Waals surface area contributed by atoms with Crippen LogP contribution >= 0.6 is 0 Å². The van der Waals surface area contributed by atoms with Gasteiger partial charge in [-0.25, -0.2) is 6.57 Å². The fourth-order valence-corrected chi connectivity index (χ4v) is 2.84. The number of unbranched alkanes of at least 4 members (excludes halogenated alkanes) is 1. The molecule has 0 heterocycles. The second-order valence-corrected chi connectivity index (χ2v) is 6.24. The van der Waals surface area contributed by atoms with E-state index < -0.39 is 6.04 Å². The van der Waals surface area contributed by atoms with E-state index in [1.807, 2.05) is 60.7 Å². The lowest BCUT2D eigenvalue weighted by molar-refractivity contribution is -0.132. The average Bonchev–Trinajstić information content (AvgIpc) is 2.72. The van der Waals surface area contributed by atoms with Crippen LogP contribution in [0.4, 0.5) is 0 Å². The molecule has 0 spiro atoms. The van der Waals surface area contributed by atoms with E-state index >= 15 is 0 Å². The Bertz CT molecular complexity index is 794. The summed E-state index contributed by atoms with van der Waals surface area (Å²) in [6.45, 7) is 8.93. The average molecular weight is 361 g/mol. The van der Waals surface area contributed by atoms with Crippen LogP contribution in [0.15, 0.2) is 65.8 Å². The molecule has 138 valence electrons. The molecule has 1 amide bonds. The lowest BCUT2D eigenvalue weighted by Gasteiger charge is -2.23. The van der Waals surface area contributed by atoms with E-state index in [1.165, 1.54) is 0 Å². The highest BCUT2D eigenvalue weighted by Gasteiger charge is 2.29. The predicted molar refractivity (Wildman–Crippen MR) is 106 cm³/mol. The molecule has 2 aromatic carbocycles. The highest BCUT2D eigenvalue weighted by atomic mass is 16.2. The first kappa shape index (κ1) is 20.0. The Morgan fingerprint density at radius 1 is 1.04 bits per heavy atom. The molecular formula is C21H23N5O. The van der Waals surface area contributed by atoms with Gasteiger partial charge in [0.2, 0.25) is 0 Å². The molecule has 6 nitrogen and oxygen atoms in total. The predicted octanol–water partition coefficient (Wildman–Crippen LogP) is 4.64. The first-order valence-corrected chi connectivity index (χ1v) is 8.98. The van der Waals surface area contributed by atoms with Crippen molar-refractivity contribution in [3.63, 3.8) is 0 Å². The zero-order valence-electron chi connectivity index (χ0n) is 15.2. The molecular weight excluding hydrogens is 338 g/mol. The number of hydrogen-bond donors (Lipinski definition) is 0. The van der Waals surface area contributed by atoms with Gasteiger partial charge in [-0.2, -0.15) is 0 Å². The number of rotatable bonds is 10. The van der Waals surface area contributed by atoms with Gasteiger partial charge in [-0.1, -0.05) is 65.8 Å². The molecule has 1 unspecified atom stereocenters. The standard InChI is InChI=1S/C21H23N5O/c1-23-20(16-18-10-4-2-5-11-18)21(27)26(15-9-8-14-24-25-22)17-19-12-6-3-7-13-19/h2-7,10-13,20H,8-9,14-17H2. The smallest absolute Gasteiger partial charge is 0.306 e. The fourth-order valence-electron chi connectivity index (χ4n) is 2.84. The Morgan fingerprint density at radius 2 is 1.67 bits per heavy atom. The van der Waals surface area contributed by atoms with Gasteiger partial charge in [-0.3, -0.25) is 4.79 Å². The highest BCUT2D eigenvalue weighted by molar-refractivity contribution is 5.84. The number of nitrogens with zero attached hydrogens (tertiary/aromatic N) is 5. The molecule has 0 aliphatic carbocycles. The lowest BCUT2D eigenvalue weighted by Crippen LogP contribution is -2.39. The SMILES string of the molecule is [C-]#[N+]C(Cc1ccccc1)C(=O)N(CCCCN=[N+]=[N-])Cc1ccccc1. The van der Waals surface area contributed by atoms with Crippen LogP contribution in [0.5, 0.6) is 0 Å². The third-order valence-corrected chi connectivity index (χ3v) is 4.24. The van der Waals surface area contributed by atoms with Crippen LogP contribution in [0.1, 0.15) is 24.0 Å². The number of hydrogen-bond acceptors (Lipinski definition) is 2. The summed E-state index contributed by atoms with van der Waals surface area (Å²) in [4.78, 5) is 21.1. The summed E-state index contributed by atoms with van der Waals surface area (Å²) in [5, 5.41) is 3.53. The maximum absolute atomic E-state index is 13.0. The third kappa shape index (κ3) is 6.85. The number of azide groups is 1. The van der Waals surface area contributed by atoms with Gasteiger partial charge in [0.05, 0.1) is 6.42 Å². The van der Waals surface area contributed by atoms with Crippen LogP contribution in [0.25, 0.3) is 15.3 Å². The van der Waals surface area contributed by atoms with Crippen molar-refractivity contribution in [2.24, 2.45) is 5.11 Å². The molecule has 6 heteroatoms. The normalized spacial score (nSPS) is 11.1. The van der Waals surface area contributed by atoms with Crippen LogP contribution < -0.4 is 0 Å². The minimum atomic E-state index is -0.728.